The number of benzene rings is 2. The number of hydrogen-bond acceptors (Lipinski definition) is 5. The van der Waals surface area contributed by atoms with Crippen LogP contribution < -0.4 is 14.9 Å². The number of fused-ring (bicyclic) bond motifs is 2. The molecule has 174 valence electrons. The first-order valence-corrected chi connectivity index (χ1v) is 10.8. The Labute approximate surface area is 200 Å². The topological polar surface area (TPSA) is 57.9 Å². The molecule has 0 aliphatic carbocycles. The van der Waals surface area contributed by atoms with Gasteiger partial charge in [0.05, 0.1) is 17.4 Å². The summed E-state index contributed by atoms with van der Waals surface area (Å²) in [4.78, 5) is 13.3. The van der Waals surface area contributed by atoms with E-state index in [0.717, 1.165) is 5.56 Å². The predicted octanol–water partition coefficient (Wildman–Crippen LogP) is 5.46. The number of rotatable bonds is 7. The van der Waals surface area contributed by atoms with Gasteiger partial charge >= 0.3 is 0 Å². The average Bonchev–Trinajstić information content (AvgIpc) is 2.79. The molecule has 34 heavy (non-hydrogen) atoms. The third-order valence-corrected chi connectivity index (χ3v) is 5.19. The number of terminal acetylenes is 3. The quantitative estimate of drug-likeness (QED) is 0.349. The Morgan fingerprint density at radius 3 is 2.03 bits per heavy atom. The minimum absolute atomic E-state index is 0.206. The highest BCUT2D eigenvalue weighted by molar-refractivity contribution is 5.94. The van der Waals surface area contributed by atoms with Crippen LogP contribution in [0, 0.1) is 37.0 Å². The molecule has 5 nitrogen and oxygen atoms in total. The smallest absolute Gasteiger partial charge is 0.206 e. The van der Waals surface area contributed by atoms with Crippen molar-refractivity contribution < 1.29 is 18.6 Å². The molecule has 0 bridgehead atoms. The molecule has 3 aromatic rings. The maximum Gasteiger partial charge on any atom is 0.206 e. The average molecular weight is 457 g/mol. The van der Waals surface area contributed by atoms with Crippen LogP contribution in [0.5, 0.6) is 11.5 Å². The minimum Gasteiger partial charge on any atom is -0.471 e. The Morgan fingerprint density at radius 1 is 0.824 bits per heavy atom. The van der Waals surface area contributed by atoms with Crippen molar-refractivity contribution in [2.45, 2.75) is 65.0 Å². The van der Waals surface area contributed by atoms with Crippen LogP contribution in [-0.2, 0) is 11.3 Å². The zero-order chi connectivity index (χ0) is 25.3. The van der Waals surface area contributed by atoms with Gasteiger partial charge in [-0.1, -0.05) is 23.8 Å². The first-order valence-electron chi connectivity index (χ1n) is 10.8. The molecular formula is C29H28O5. The maximum absolute atomic E-state index is 13.3. The summed E-state index contributed by atoms with van der Waals surface area (Å²) in [7, 11) is 0. The summed E-state index contributed by atoms with van der Waals surface area (Å²) in [6.45, 7) is 10.8. The summed E-state index contributed by atoms with van der Waals surface area (Å²) in [6.07, 6.45) is 16.8. The van der Waals surface area contributed by atoms with Crippen LogP contribution in [0.4, 0.5) is 0 Å². The highest BCUT2D eigenvalue weighted by Gasteiger charge is 2.27. The molecular weight excluding hydrogens is 428 g/mol. The normalized spacial score (nSPS) is 12.1. The Morgan fingerprint density at radius 2 is 1.41 bits per heavy atom. The molecule has 0 N–H and O–H groups in total. The van der Waals surface area contributed by atoms with Crippen LogP contribution >= 0.6 is 0 Å². The molecule has 0 aliphatic heterocycles. The maximum atomic E-state index is 13.3. The Bertz CT molecular complexity index is 1430. The molecule has 0 fully saturated rings. The zero-order valence-electron chi connectivity index (χ0n) is 20.4. The van der Waals surface area contributed by atoms with Crippen LogP contribution in [-0.4, -0.2) is 16.8 Å². The largest absolute Gasteiger partial charge is 0.471 e. The molecule has 0 atom stereocenters. The van der Waals surface area contributed by atoms with Gasteiger partial charge in [-0.25, -0.2) is 0 Å². The van der Waals surface area contributed by atoms with Gasteiger partial charge < -0.3 is 18.6 Å². The highest BCUT2D eigenvalue weighted by Crippen LogP contribution is 2.40. The first kappa shape index (κ1) is 24.8. The third-order valence-electron chi connectivity index (χ3n) is 5.19. The van der Waals surface area contributed by atoms with E-state index in [0.29, 0.717) is 22.1 Å². The summed E-state index contributed by atoms with van der Waals surface area (Å²) >= 11 is 0. The molecule has 0 unspecified atom stereocenters. The molecule has 0 radical (unpaired) electrons. The van der Waals surface area contributed by atoms with E-state index < -0.39 is 16.8 Å². The van der Waals surface area contributed by atoms with E-state index in [1.54, 1.807) is 65.8 Å². The van der Waals surface area contributed by atoms with Gasteiger partial charge in [0.15, 0.2) is 22.5 Å². The molecule has 0 amide bonds. The zero-order valence-corrected chi connectivity index (χ0v) is 20.4. The lowest BCUT2D eigenvalue weighted by Gasteiger charge is -2.26. The van der Waals surface area contributed by atoms with Crippen molar-refractivity contribution in [3.63, 3.8) is 0 Å². The second-order valence-corrected chi connectivity index (χ2v) is 9.49. The molecule has 0 saturated carbocycles. The van der Waals surface area contributed by atoms with E-state index in [1.807, 2.05) is 6.07 Å². The van der Waals surface area contributed by atoms with Gasteiger partial charge in [0, 0.05) is 0 Å². The second-order valence-electron chi connectivity index (χ2n) is 9.49. The molecule has 1 aromatic heterocycles. The van der Waals surface area contributed by atoms with Crippen LogP contribution in [0.2, 0.25) is 0 Å². The van der Waals surface area contributed by atoms with Gasteiger partial charge in [-0.15, -0.1) is 19.3 Å². The lowest BCUT2D eigenvalue weighted by molar-refractivity contribution is 0.0145. The molecule has 3 rings (SSSR count). The van der Waals surface area contributed by atoms with Crippen molar-refractivity contribution in [3.8, 4) is 48.5 Å². The van der Waals surface area contributed by atoms with E-state index >= 15 is 0 Å². The summed E-state index contributed by atoms with van der Waals surface area (Å²) in [5.41, 5.74) is -1.49. The van der Waals surface area contributed by atoms with Gasteiger partial charge in [0.25, 0.3) is 0 Å². The van der Waals surface area contributed by atoms with Crippen molar-refractivity contribution in [1.29, 1.82) is 0 Å². The molecule has 5 heteroatoms. The first-order chi connectivity index (χ1) is 15.8. The number of ether oxygens (including phenoxy) is 3. The standard InChI is InChI=1S/C29H28O5/c1-10-27(4,5)31-18-19-13-14-20-23(17-19)32-25-21(24(20)30)15-16-22(33-28(6,7)11-2)26(25)34-29(8,9)12-3/h1-3,13-17H,18H2,4-9H3. The van der Waals surface area contributed by atoms with Crippen molar-refractivity contribution in [3.05, 3.63) is 46.1 Å². The van der Waals surface area contributed by atoms with Gasteiger partial charge in [0.2, 0.25) is 11.2 Å². The fourth-order valence-electron chi connectivity index (χ4n) is 3.08. The predicted molar refractivity (Wildman–Crippen MR) is 135 cm³/mol. The van der Waals surface area contributed by atoms with Crippen molar-refractivity contribution in [2.75, 3.05) is 0 Å². The summed E-state index contributed by atoms with van der Waals surface area (Å²) in [5, 5.41) is 0.755. The molecule has 2 aromatic carbocycles. The van der Waals surface area contributed by atoms with Crippen LogP contribution in [0.1, 0.15) is 47.1 Å². The minimum atomic E-state index is -1.00. The SMILES string of the molecule is C#CC(C)(C)OCc1ccc2c(=O)c3ccc(OC(C)(C)C#C)c(OC(C)(C)C#C)c3oc2c1. The molecule has 0 saturated heterocycles. The van der Waals surface area contributed by atoms with Gasteiger partial charge in [0.1, 0.15) is 11.2 Å². The van der Waals surface area contributed by atoms with Crippen LogP contribution in [0.25, 0.3) is 21.9 Å². The van der Waals surface area contributed by atoms with E-state index in [2.05, 4.69) is 17.8 Å². The van der Waals surface area contributed by atoms with E-state index in [9.17, 15) is 4.79 Å². The van der Waals surface area contributed by atoms with Crippen molar-refractivity contribution in [1.82, 2.24) is 0 Å². The Balaban J connectivity index is 2.24. The monoisotopic (exact) mass is 456 g/mol. The Hall–Kier alpha value is -3.85. The summed E-state index contributed by atoms with van der Waals surface area (Å²) in [5.74, 6) is 8.28. The summed E-state index contributed by atoms with van der Waals surface area (Å²) in [6, 6.07) is 8.53. The second kappa shape index (κ2) is 8.83. The van der Waals surface area contributed by atoms with Crippen molar-refractivity contribution >= 4 is 21.9 Å². The van der Waals surface area contributed by atoms with Gasteiger partial charge in [-0.2, -0.15) is 0 Å². The lowest BCUT2D eigenvalue weighted by Crippen LogP contribution is -2.29. The van der Waals surface area contributed by atoms with Gasteiger partial charge in [-0.05, 0) is 71.4 Å². The Kier molecular flexibility index (Phi) is 6.44. The van der Waals surface area contributed by atoms with Crippen molar-refractivity contribution in [2.24, 2.45) is 0 Å². The van der Waals surface area contributed by atoms with Gasteiger partial charge in [-0.3, -0.25) is 4.79 Å². The van der Waals surface area contributed by atoms with E-state index in [4.69, 9.17) is 37.9 Å². The van der Waals surface area contributed by atoms with Crippen LogP contribution in [0.3, 0.4) is 0 Å². The van der Waals surface area contributed by atoms with E-state index in [-0.39, 0.29) is 23.4 Å². The fraction of sp³-hybridized carbons (Fsp3) is 0.345. The highest BCUT2D eigenvalue weighted by atomic mass is 16.5. The summed E-state index contributed by atoms with van der Waals surface area (Å²) < 4.78 is 24.1. The van der Waals surface area contributed by atoms with Crippen LogP contribution in [0.15, 0.2) is 39.5 Å². The number of hydrogen-bond donors (Lipinski definition) is 0. The molecule has 0 aliphatic rings. The lowest BCUT2D eigenvalue weighted by atomic mass is 10.1. The third kappa shape index (κ3) is 5.20. The molecule has 1 heterocycles. The molecule has 0 spiro atoms. The van der Waals surface area contributed by atoms with E-state index in [1.165, 1.54) is 0 Å². The fourth-order valence-corrected chi connectivity index (χ4v) is 3.08.